The number of para-hydroxylation sites is 1. The highest BCUT2D eigenvalue weighted by atomic mass is 32.1. The van der Waals surface area contributed by atoms with Crippen molar-refractivity contribution in [3.8, 4) is 11.5 Å². The number of rotatable bonds is 8. The SMILES string of the molecule is CC(=O)c1cccc(NC(=S)NC(=O)c2ccc(OCCOc3ccccc3)cc2)c1. The van der Waals surface area contributed by atoms with Gasteiger partial charge >= 0.3 is 0 Å². The van der Waals surface area contributed by atoms with E-state index < -0.39 is 0 Å². The van der Waals surface area contributed by atoms with Crippen LogP contribution in [-0.4, -0.2) is 30.0 Å². The molecule has 1 amide bonds. The lowest BCUT2D eigenvalue weighted by atomic mass is 10.1. The Morgan fingerprint density at radius 2 is 1.45 bits per heavy atom. The standard InChI is InChI=1S/C24H22N2O4S/c1-17(27)19-6-5-7-20(16-19)25-24(31)26-23(28)18-10-12-22(13-11-18)30-15-14-29-21-8-3-2-4-9-21/h2-13,16H,14-15H2,1H3,(H2,25,26,28,31). The van der Waals surface area contributed by atoms with E-state index in [2.05, 4.69) is 10.6 Å². The lowest BCUT2D eigenvalue weighted by molar-refractivity contribution is 0.0975. The van der Waals surface area contributed by atoms with Gasteiger partial charge in [-0.05, 0) is 67.7 Å². The number of amides is 1. The molecule has 6 nitrogen and oxygen atoms in total. The van der Waals surface area contributed by atoms with Gasteiger partial charge in [0.15, 0.2) is 10.9 Å². The van der Waals surface area contributed by atoms with Gasteiger partial charge in [0.25, 0.3) is 5.91 Å². The zero-order valence-corrected chi connectivity index (χ0v) is 17.8. The van der Waals surface area contributed by atoms with Crippen molar-refractivity contribution < 1.29 is 19.1 Å². The van der Waals surface area contributed by atoms with Crippen LogP contribution in [0.2, 0.25) is 0 Å². The normalized spacial score (nSPS) is 10.1. The summed E-state index contributed by atoms with van der Waals surface area (Å²) in [5, 5.41) is 5.67. The van der Waals surface area contributed by atoms with Crippen LogP contribution in [0.3, 0.4) is 0 Å². The molecule has 0 aliphatic rings. The molecule has 7 heteroatoms. The van der Waals surface area contributed by atoms with Crippen LogP contribution >= 0.6 is 12.2 Å². The monoisotopic (exact) mass is 434 g/mol. The Morgan fingerprint density at radius 3 is 2.10 bits per heavy atom. The molecular weight excluding hydrogens is 412 g/mol. The maximum Gasteiger partial charge on any atom is 0.257 e. The lowest BCUT2D eigenvalue weighted by Gasteiger charge is -2.11. The fraction of sp³-hybridized carbons (Fsp3) is 0.125. The molecule has 0 fully saturated rings. The predicted octanol–water partition coefficient (Wildman–Crippen LogP) is 4.47. The smallest absolute Gasteiger partial charge is 0.257 e. The molecular formula is C24H22N2O4S. The van der Waals surface area contributed by atoms with Crippen LogP contribution in [-0.2, 0) is 0 Å². The molecule has 0 saturated heterocycles. The van der Waals surface area contributed by atoms with Crippen molar-refractivity contribution in [2.75, 3.05) is 18.5 Å². The topological polar surface area (TPSA) is 76.7 Å². The van der Waals surface area contributed by atoms with Crippen molar-refractivity contribution in [3.63, 3.8) is 0 Å². The number of ketones is 1. The van der Waals surface area contributed by atoms with E-state index >= 15 is 0 Å². The third-order valence-corrected chi connectivity index (χ3v) is 4.44. The first-order valence-electron chi connectivity index (χ1n) is 9.65. The first-order valence-corrected chi connectivity index (χ1v) is 10.1. The summed E-state index contributed by atoms with van der Waals surface area (Å²) in [6, 6.07) is 23.1. The minimum atomic E-state index is -0.348. The molecule has 0 atom stereocenters. The second-order valence-electron chi connectivity index (χ2n) is 6.58. The number of benzene rings is 3. The summed E-state index contributed by atoms with van der Waals surface area (Å²) >= 11 is 5.19. The van der Waals surface area contributed by atoms with Gasteiger partial charge in [0, 0.05) is 16.8 Å². The van der Waals surface area contributed by atoms with E-state index in [0.29, 0.717) is 35.8 Å². The molecule has 158 valence electrons. The Hall–Kier alpha value is -3.71. The molecule has 0 spiro atoms. The zero-order valence-electron chi connectivity index (χ0n) is 17.0. The quantitative estimate of drug-likeness (QED) is 0.309. The summed E-state index contributed by atoms with van der Waals surface area (Å²) in [7, 11) is 0. The highest BCUT2D eigenvalue weighted by Crippen LogP contribution is 2.14. The van der Waals surface area contributed by atoms with Gasteiger partial charge in [0.1, 0.15) is 24.7 Å². The first-order chi connectivity index (χ1) is 15.0. The van der Waals surface area contributed by atoms with Crippen molar-refractivity contribution in [1.29, 1.82) is 0 Å². The molecule has 0 aliphatic carbocycles. The predicted molar refractivity (Wildman–Crippen MR) is 124 cm³/mol. The molecule has 0 aromatic heterocycles. The van der Waals surface area contributed by atoms with Gasteiger partial charge in [-0.2, -0.15) is 0 Å². The van der Waals surface area contributed by atoms with Crippen molar-refractivity contribution >= 4 is 34.7 Å². The molecule has 31 heavy (non-hydrogen) atoms. The van der Waals surface area contributed by atoms with Crippen LogP contribution < -0.4 is 20.1 Å². The Kier molecular flexibility index (Phi) is 7.73. The summed E-state index contributed by atoms with van der Waals surface area (Å²) in [6.45, 7) is 2.29. The summed E-state index contributed by atoms with van der Waals surface area (Å²) < 4.78 is 11.2. The van der Waals surface area contributed by atoms with Crippen LogP contribution in [0.5, 0.6) is 11.5 Å². The summed E-state index contributed by atoms with van der Waals surface area (Å²) in [6.07, 6.45) is 0. The van der Waals surface area contributed by atoms with Crippen LogP contribution in [0.25, 0.3) is 0 Å². The van der Waals surface area contributed by atoms with Crippen LogP contribution in [0.4, 0.5) is 5.69 Å². The van der Waals surface area contributed by atoms with Gasteiger partial charge in [-0.3, -0.25) is 14.9 Å². The van der Waals surface area contributed by atoms with E-state index in [1.54, 1.807) is 48.5 Å². The van der Waals surface area contributed by atoms with Crippen molar-refractivity contribution in [2.24, 2.45) is 0 Å². The molecule has 0 heterocycles. The number of anilines is 1. The number of carbonyl (C=O) groups excluding carboxylic acids is 2. The van der Waals surface area contributed by atoms with Crippen molar-refractivity contribution in [1.82, 2.24) is 5.32 Å². The van der Waals surface area contributed by atoms with Crippen LogP contribution in [0.1, 0.15) is 27.6 Å². The molecule has 2 N–H and O–H groups in total. The molecule has 0 aliphatic heterocycles. The van der Waals surface area contributed by atoms with Crippen LogP contribution in [0.15, 0.2) is 78.9 Å². The molecule has 3 rings (SSSR count). The number of Topliss-reactive ketones (excluding diaryl/α,β-unsaturated/α-hetero) is 1. The van der Waals surface area contributed by atoms with Gasteiger partial charge in [0.05, 0.1) is 0 Å². The second-order valence-corrected chi connectivity index (χ2v) is 6.99. The number of hydrogen-bond donors (Lipinski definition) is 2. The van der Waals surface area contributed by atoms with Crippen molar-refractivity contribution in [3.05, 3.63) is 90.0 Å². The molecule has 0 saturated carbocycles. The molecule has 3 aromatic rings. The zero-order chi connectivity index (χ0) is 22.1. The Labute approximate surface area is 186 Å². The average molecular weight is 435 g/mol. The summed E-state index contributed by atoms with van der Waals surface area (Å²) in [4.78, 5) is 23.9. The van der Waals surface area contributed by atoms with Crippen LogP contribution in [0, 0.1) is 0 Å². The van der Waals surface area contributed by atoms with E-state index in [-0.39, 0.29) is 16.8 Å². The van der Waals surface area contributed by atoms with Gasteiger partial charge in [0.2, 0.25) is 0 Å². The molecule has 0 bridgehead atoms. The highest BCUT2D eigenvalue weighted by molar-refractivity contribution is 7.80. The maximum atomic E-state index is 12.4. The lowest BCUT2D eigenvalue weighted by Crippen LogP contribution is -2.34. The largest absolute Gasteiger partial charge is 0.490 e. The third-order valence-electron chi connectivity index (χ3n) is 4.23. The number of nitrogens with one attached hydrogen (secondary N) is 2. The van der Waals surface area contributed by atoms with E-state index in [4.69, 9.17) is 21.7 Å². The number of ether oxygens (including phenoxy) is 2. The van der Waals surface area contributed by atoms with Gasteiger partial charge < -0.3 is 14.8 Å². The Balaban J connectivity index is 1.45. The Bertz CT molecular complexity index is 1050. The van der Waals surface area contributed by atoms with Gasteiger partial charge in [-0.15, -0.1) is 0 Å². The summed E-state index contributed by atoms with van der Waals surface area (Å²) in [5.74, 6) is 1.03. The minimum absolute atomic E-state index is 0.0486. The van der Waals surface area contributed by atoms with E-state index in [9.17, 15) is 9.59 Å². The van der Waals surface area contributed by atoms with Crippen molar-refractivity contribution in [2.45, 2.75) is 6.92 Å². The molecule has 0 unspecified atom stereocenters. The number of carbonyl (C=O) groups is 2. The van der Waals surface area contributed by atoms with Gasteiger partial charge in [-0.25, -0.2) is 0 Å². The minimum Gasteiger partial charge on any atom is -0.490 e. The summed E-state index contributed by atoms with van der Waals surface area (Å²) in [5.41, 5.74) is 1.62. The number of hydrogen-bond acceptors (Lipinski definition) is 5. The first kappa shape index (κ1) is 22.0. The molecule has 3 aromatic carbocycles. The maximum absolute atomic E-state index is 12.4. The van der Waals surface area contributed by atoms with E-state index in [1.165, 1.54) is 6.92 Å². The molecule has 0 radical (unpaired) electrons. The fourth-order valence-electron chi connectivity index (χ4n) is 2.69. The highest BCUT2D eigenvalue weighted by Gasteiger charge is 2.09. The second kappa shape index (κ2) is 10.9. The van der Waals surface area contributed by atoms with Gasteiger partial charge in [-0.1, -0.05) is 30.3 Å². The van der Waals surface area contributed by atoms with E-state index in [0.717, 1.165) is 5.75 Å². The number of thiocarbonyl (C=S) groups is 1. The third kappa shape index (κ3) is 6.94. The Morgan fingerprint density at radius 1 is 0.806 bits per heavy atom. The van der Waals surface area contributed by atoms with E-state index in [1.807, 2.05) is 30.3 Å². The average Bonchev–Trinajstić information content (AvgIpc) is 2.78. The fourth-order valence-corrected chi connectivity index (χ4v) is 2.90.